The summed E-state index contributed by atoms with van der Waals surface area (Å²) in [5.74, 6) is -0.492. The van der Waals surface area contributed by atoms with E-state index in [1.54, 1.807) is 0 Å². The van der Waals surface area contributed by atoms with Gasteiger partial charge in [0.1, 0.15) is 0 Å². The van der Waals surface area contributed by atoms with Gasteiger partial charge in [-0.1, -0.05) is 12.8 Å². The predicted molar refractivity (Wildman–Crippen MR) is 69.1 cm³/mol. The summed E-state index contributed by atoms with van der Waals surface area (Å²) in [6.45, 7) is 0.649. The Balaban J connectivity index is 1.91. The maximum Gasteiger partial charge on any atom is 0.254 e. The molecule has 2 rings (SSSR count). The van der Waals surface area contributed by atoms with Crippen molar-refractivity contribution in [2.45, 2.75) is 25.7 Å². The Kier molecular flexibility index (Phi) is 4.85. The van der Waals surface area contributed by atoms with E-state index in [1.807, 2.05) is 0 Å². The van der Waals surface area contributed by atoms with Gasteiger partial charge >= 0.3 is 0 Å². The third-order valence-corrected chi connectivity index (χ3v) is 3.84. The van der Waals surface area contributed by atoms with Crippen LogP contribution in [0, 0.1) is 17.7 Å². The number of aliphatic hydroxyl groups excluding tert-OH is 1. The number of rotatable bonds is 4. The van der Waals surface area contributed by atoms with Crippen LogP contribution < -0.4 is 5.32 Å². The molecule has 19 heavy (non-hydrogen) atoms. The molecule has 0 saturated heterocycles. The lowest BCUT2D eigenvalue weighted by Gasteiger charge is -2.30. The van der Waals surface area contributed by atoms with Gasteiger partial charge in [-0.2, -0.15) is 0 Å². The molecule has 1 saturated carbocycles. The average Bonchev–Trinajstić information content (AvgIpc) is 2.45. The summed E-state index contributed by atoms with van der Waals surface area (Å²) in [6, 6.07) is 1.37. The van der Waals surface area contributed by atoms with Crippen LogP contribution in [-0.4, -0.2) is 29.1 Å². The minimum atomic E-state index is -0.609. The highest BCUT2D eigenvalue weighted by Crippen LogP contribution is 2.29. The normalized spacial score (nSPS) is 23.1. The van der Waals surface area contributed by atoms with Crippen LogP contribution in [-0.2, 0) is 0 Å². The summed E-state index contributed by atoms with van der Waals surface area (Å²) in [5.41, 5.74) is 0.0198. The Bertz CT molecular complexity index is 439. The van der Waals surface area contributed by atoms with Crippen molar-refractivity contribution in [3.63, 3.8) is 0 Å². The van der Waals surface area contributed by atoms with Gasteiger partial charge in [-0.3, -0.25) is 9.78 Å². The molecule has 4 nitrogen and oxygen atoms in total. The molecule has 1 aliphatic carbocycles. The summed E-state index contributed by atoms with van der Waals surface area (Å²) in [4.78, 5) is 15.5. The summed E-state index contributed by atoms with van der Waals surface area (Å²) in [7, 11) is 0. The van der Waals surface area contributed by atoms with E-state index >= 15 is 0 Å². The smallest absolute Gasteiger partial charge is 0.254 e. The fraction of sp³-hybridized carbons (Fsp3) is 0.571. The molecule has 0 spiro atoms. The molecule has 2 N–H and O–H groups in total. The summed E-state index contributed by atoms with van der Waals surface area (Å²) < 4.78 is 13.4. The molecule has 1 aromatic rings. The van der Waals surface area contributed by atoms with E-state index in [4.69, 9.17) is 0 Å². The Morgan fingerprint density at radius 2 is 2.16 bits per heavy atom. The first-order chi connectivity index (χ1) is 9.22. The van der Waals surface area contributed by atoms with Gasteiger partial charge in [0.25, 0.3) is 5.91 Å². The lowest BCUT2D eigenvalue weighted by atomic mass is 9.79. The van der Waals surface area contributed by atoms with E-state index in [0.29, 0.717) is 6.54 Å². The monoisotopic (exact) mass is 266 g/mol. The number of nitrogens with one attached hydrogen (secondary N) is 1. The SMILES string of the molecule is O=C(NCC1CCCCC1CO)c1ccncc1F. The molecule has 0 aliphatic heterocycles. The molecule has 2 atom stereocenters. The number of nitrogens with zero attached hydrogens (tertiary/aromatic N) is 1. The van der Waals surface area contributed by atoms with Crippen molar-refractivity contribution in [2.75, 3.05) is 13.2 Å². The fourth-order valence-corrected chi connectivity index (χ4v) is 2.67. The van der Waals surface area contributed by atoms with Gasteiger partial charge in [0.2, 0.25) is 0 Å². The van der Waals surface area contributed by atoms with Gasteiger partial charge in [0, 0.05) is 19.3 Å². The number of amides is 1. The van der Waals surface area contributed by atoms with Crippen LogP contribution in [0.3, 0.4) is 0 Å². The third kappa shape index (κ3) is 3.50. The van der Waals surface area contributed by atoms with Gasteiger partial charge < -0.3 is 10.4 Å². The predicted octanol–water partition coefficient (Wildman–Crippen LogP) is 1.75. The molecule has 1 amide bonds. The zero-order valence-corrected chi connectivity index (χ0v) is 10.8. The molecular formula is C14H19FN2O2. The number of aliphatic hydroxyl groups is 1. The summed E-state index contributed by atoms with van der Waals surface area (Å²) >= 11 is 0. The van der Waals surface area contributed by atoms with E-state index in [-0.39, 0.29) is 24.0 Å². The minimum absolute atomic E-state index is 0.0198. The Labute approximate surface area is 112 Å². The molecule has 5 heteroatoms. The second-order valence-electron chi connectivity index (χ2n) is 5.05. The molecule has 104 valence electrons. The molecule has 1 heterocycles. The Morgan fingerprint density at radius 3 is 2.84 bits per heavy atom. The van der Waals surface area contributed by atoms with Crippen molar-refractivity contribution in [1.82, 2.24) is 10.3 Å². The Hall–Kier alpha value is -1.49. The molecule has 2 unspecified atom stereocenters. The van der Waals surface area contributed by atoms with Crippen LogP contribution in [0.25, 0.3) is 0 Å². The van der Waals surface area contributed by atoms with Crippen molar-refractivity contribution in [3.05, 3.63) is 29.8 Å². The minimum Gasteiger partial charge on any atom is -0.396 e. The van der Waals surface area contributed by atoms with E-state index in [1.165, 1.54) is 12.3 Å². The van der Waals surface area contributed by atoms with Gasteiger partial charge in [-0.05, 0) is 30.7 Å². The first kappa shape index (κ1) is 13.9. The number of carbonyl (C=O) groups excluding carboxylic acids is 1. The number of hydrogen-bond donors (Lipinski definition) is 2. The van der Waals surface area contributed by atoms with Crippen LogP contribution in [0.2, 0.25) is 0 Å². The van der Waals surface area contributed by atoms with E-state index in [9.17, 15) is 14.3 Å². The molecule has 0 bridgehead atoms. The lowest BCUT2D eigenvalue weighted by molar-refractivity contribution is 0.0905. The van der Waals surface area contributed by atoms with Crippen LogP contribution in [0.4, 0.5) is 4.39 Å². The number of halogens is 1. The molecule has 0 aromatic carbocycles. The average molecular weight is 266 g/mol. The number of hydrogen-bond acceptors (Lipinski definition) is 3. The number of aromatic nitrogens is 1. The van der Waals surface area contributed by atoms with Crippen molar-refractivity contribution < 1.29 is 14.3 Å². The van der Waals surface area contributed by atoms with E-state index in [0.717, 1.165) is 31.9 Å². The van der Waals surface area contributed by atoms with Crippen molar-refractivity contribution in [2.24, 2.45) is 11.8 Å². The first-order valence-corrected chi connectivity index (χ1v) is 6.71. The second-order valence-corrected chi connectivity index (χ2v) is 5.05. The van der Waals surface area contributed by atoms with Gasteiger partial charge in [0.15, 0.2) is 5.82 Å². The maximum absolute atomic E-state index is 13.4. The highest BCUT2D eigenvalue weighted by Gasteiger charge is 2.25. The van der Waals surface area contributed by atoms with Crippen molar-refractivity contribution >= 4 is 5.91 Å². The largest absolute Gasteiger partial charge is 0.396 e. The van der Waals surface area contributed by atoms with Gasteiger partial charge in [0.05, 0.1) is 11.8 Å². The van der Waals surface area contributed by atoms with Crippen LogP contribution >= 0.6 is 0 Å². The maximum atomic E-state index is 13.4. The third-order valence-electron chi connectivity index (χ3n) is 3.84. The Morgan fingerprint density at radius 1 is 1.42 bits per heavy atom. The molecule has 1 aromatic heterocycles. The van der Waals surface area contributed by atoms with Gasteiger partial charge in [-0.15, -0.1) is 0 Å². The second kappa shape index (κ2) is 6.61. The lowest BCUT2D eigenvalue weighted by Crippen LogP contribution is -2.35. The molecular weight excluding hydrogens is 247 g/mol. The van der Waals surface area contributed by atoms with Crippen LogP contribution in [0.5, 0.6) is 0 Å². The first-order valence-electron chi connectivity index (χ1n) is 6.71. The fourth-order valence-electron chi connectivity index (χ4n) is 2.67. The quantitative estimate of drug-likeness (QED) is 0.872. The topological polar surface area (TPSA) is 62.2 Å². The highest BCUT2D eigenvalue weighted by atomic mass is 19.1. The molecule has 0 radical (unpaired) electrons. The van der Waals surface area contributed by atoms with Crippen molar-refractivity contribution in [3.8, 4) is 0 Å². The van der Waals surface area contributed by atoms with E-state index < -0.39 is 11.7 Å². The van der Waals surface area contributed by atoms with Crippen LogP contribution in [0.15, 0.2) is 18.5 Å². The number of pyridine rings is 1. The highest BCUT2D eigenvalue weighted by molar-refractivity contribution is 5.94. The van der Waals surface area contributed by atoms with Crippen molar-refractivity contribution in [1.29, 1.82) is 0 Å². The standard InChI is InChI=1S/C14H19FN2O2/c15-13-8-16-6-5-12(13)14(19)17-7-10-3-1-2-4-11(10)9-18/h5-6,8,10-11,18H,1-4,7,9H2,(H,17,19). The zero-order chi connectivity index (χ0) is 13.7. The molecule has 1 aliphatic rings. The summed E-state index contributed by atoms with van der Waals surface area (Å²) in [6.07, 6.45) is 6.70. The van der Waals surface area contributed by atoms with Crippen LogP contribution in [0.1, 0.15) is 36.0 Å². The summed E-state index contributed by atoms with van der Waals surface area (Å²) in [5, 5.41) is 12.1. The number of carbonyl (C=O) groups is 1. The zero-order valence-electron chi connectivity index (χ0n) is 10.8. The van der Waals surface area contributed by atoms with Gasteiger partial charge in [-0.25, -0.2) is 4.39 Å². The molecule has 1 fully saturated rings. The van der Waals surface area contributed by atoms with E-state index in [2.05, 4.69) is 10.3 Å².